The molecule has 0 unspecified atom stereocenters. The zero-order valence-electron chi connectivity index (χ0n) is 12.8. The summed E-state index contributed by atoms with van der Waals surface area (Å²) >= 11 is 15.1. The number of thiazole rings is 1. The Labute approximate surface area is 158 Å². The number of fused-ring (bicyclic) bond motifs is 1. The molecule has 124 valence electrons. The molecular formula is C17H14Cl2N2OS2. The van der Waals surface area contributed by atoms with Crippen molar-refractivity contribution in [3.8, 4) is 0 Å². The number of hydrogen-bond acceptors (Lipinski definition) is 4. The highest BCUT2D eigenvalue weighted by molar-refractivity contribution is 8.01. The number of hydrogen-bond donors (Lipinski definition) is 1. The molecule has 0 aliphatic rings. The summed E-state index contributed by atoms with van der Waals surface area (Å²) in [5.74, 6) is 0.257. The number of aromatic nitrogens is 1. The van der Waals surface area contributed by atoms with Crippen LogP contribution in [0.3, 0.4) is 0 Å². The van der Waals surface area contributed by atoms with Crippen LogP contribution in [-0.4, -0.2) is 16.6 Å². The van der Waals surface area contributed by atoms with Gasteiger partial charge in [0.2, 0.25) is 5.91 Å². The molecule has 0 radical (unpaired) electrons. The number of amides is 1. The number of carbonyl (C=O) groups excluding carboxylic acids is 1. The van der Waals surface area contributed by atoms with E-state index in [0.29, 0.717) is 15.8 Å². The maximum atomic E-state index is 12.2. The van der Waals surface area contributed by atoms with Crippen LogP contribution in [0.25, 0.3) is 10.2 Å². The lowest BCUT2D eigenvalue weighted by Crippen LogP contribution is -2.28. The molecule has 0 aliphatic heterocycles. The Morgan fingerprint density at radius 3 is 2.88 bits per heavy atom. The molecule has 3 nitrogen and oxygen atoms in total. The third-order valence-electron chi connectivity index (χ3n) is 3.41. The van der Waals surface area contributed by atoms with E-state index in [4.69, 9.17) is 23.2 Å². The van der Waals surface area contributed by atoms with Crippen LogP contribution in [0.4, 0.5) is 0 Å². The van der Waals surface area contributed by atoms with Crippen LogP contribution in [0.2, 0.25) is 10.0 Å². The molecule has 0 saturated carbocycles. The van der Waals surface area contributed by atoms with Crippen molar-refractivity contribution in [2.75, 3.05) is 5.75 Å². The number of benzene rings is 2. The van der Waals surface area contributed by atoms with Crippen LogP contribution in [0.5, 0.6) is 0 Å². The molecule has 3 aromatic rings. The molecule has 0 fully saturated rings. The van der Waals surface area contributed by atoms with Crippen LogP contribution >= 0.6 is 46.3 Å². The highest BCUT2D eigenvalue weighted by Crippen LogP contribution is 2.31. The van der Waals surface area contributed by atoms with Crippen molar-refractivity contribution in [3.63, 3.8) is 0 Å². The lowest BCUT2D eigenvalue weighted by Gasteiger charge is -2.15. The van der Waals surface area contributed by atoms with Gasteiger partial charge < -0.3 is 5.32 Å². The van der Waals surface area contributed by atoms with E-state index < -0.39 is 0 Å². The first-order valence-electron chi connectivity index (χ1n) is 7.25. The zero-order chi connectivity index (χ0) is 17.1. The van der Waals surface area contributed by atoms with Crippen LogP contribution < -0.4 is 5.32 Å². The van der Waals surface area contributed by atoms with Crippen molar-refractivity contribution >= 4 is 62.4 Å². The minimum atomic E-state index is -0.138. The Morgan fingerprint density at radius 1 is 1.29 bits per heavy atom. The van der Waals surface area contributed by atoms with Crippen LogP contribution in [0, 0.1) is 0 Å². The number of carbonyl (C=O) groups is 1. The fourth-order valence-electron chi connectivity index (χ4n) is 2.26. The molecule has 0 bridgehead atoms. The summed E-state index contributed by atoms with van der Waals surface area (Å²) in [5.41, 5.74) is 1.77. The second-order valence-electron chi connectivity index (χ2n) is 5.19. The average molecular weight is 397 g/mol. The van der Waals surface area contributed by atoms with Crippen molar-refractivity contribution in [1.29, 1.82) is 0 Å². The normalized spacial score (nSPS) is 12.3. The van der Waals surface area contributed by atoms with Gasteiger partial charge in [-0.05, 0) is 36.8 Å². The molecule has 3 rings (SSSR count). The fraction of sp³-hybridized carbons (Fsp3) is 0.176. The largest absolute Gasteiger partial charge is 0.349 e. The van der Waals surface area contributed by atoms with Crippen LogP contribution in [-0.2, 0) is 4.79 Å². The van der Waals surface area contributed by atoms with Crippen LogP contribution in [0.15, 0.2) is 46.8 Å². The van der Waals surface area contributed by atoms with Gasteiger partial charge in [-0.2, -0.15) is 0 Å². The quantitative estimate of drug-likeness (QED) is 0.572. The molecule has 0 saturated heterocycles. The Kier molecular flexibility index (Phi) is 5.66. The molecule has 1 aromatic heterocycles. The molecule has 24 heavy (non-hydrogen) atoms. The first-order valence-corrected chi connectivity index (χ1v) is 9.81. The number of nitrogens with zero attached hydrogens (tertiary/aromatic N) is 1. The monoisotopic (exact) mass is 396 g/mol. The molecule has 1 heterocycles. The van der Waals surface area contributed by atoms with E-state index in [9.17, 15) is 4.79 Å². The van der Waals surface area contributed by atoms with Crippen molar-refractivity contribution in [3.05, 3.63) is 58.1 Å². The lowest BCUT2D eigenvalue weighted by molar-refractivity contribution is -0.119. The van der Waals surface area contributed by atoms with Gasteiger partial charge in [-0.25, -0.2) is 4.98 Å². The van der Waals surface area contributed by atoms with Gasteiger partial charge >= 0.3 is 0 Å². The Bertz CT molecular complexity index is 882. The van der Waals surface area contributed by atoms with Gasteiger partial charge in [0.25, 0.3) is 0 Å². The lowest BCUT2D eigenvalue weighted by atomic mass is 10.1. The van der Waals surface area contributed by atoms with Gasteiger partial charge in [-0.3, -0.25) is 4.79 Å². The van der Waals surface area contributed by atoms with E-state index in [1.165, 1.54) is 11.8 Å². The molecule has 7 heteroatoms. The second kappa shape index (κ2) is 7.74. The van der Waals surface area contributed by atoms with Gasteiger partial charge in [0, 0.05) is 10.0 Å². The molecule has 0 spiro atoms. The zero-order valence-corrected chi connectivity index (χ0v) is 15.9. The standard InChI is InChI=1S/C17H14Cl2N2OS2/c1-10(12-4-2-3-5-13(12)19)20-16(22)9-23-17-21-14-8-11(18)6-7-15(14)24-17/h2-8,10H,9H2,1H3,(H,20,22)/t10-/m1/s1. The Morgan fingerprint density at radius 2 is 2.08 bits per heavy atom. The summed E-state index contributed by atoms with van der Waals surface area (Å²) in [4.78, 5) is 16.7. The minimum Gasteiger partial charge on any atom is -0.349 e. The Hall–Kier alpha value is -1.27. The topological polar surface area (TPSA) is 42.0 Å². The molecule has 1 N–H and O–H groups in total. The Balaban J connectivity index is 1.59. The van der Waals surface area contributed by atoms with Crippen LogP contribution in [0.1, 0.15) is 18.5 Å². The van der Waals surface area contributed by atoms with Crippen molar-refractivity contribution in [1.82, 2.24) is 10.3 Å². The molecule has 1 amide bonds. The third kappa shape index (κ3) is 4.22. The summed E-state index contributed by atoms with van der Waals surface area (Å²) in [5, 5.41) is 4.28. The van der Waals surface area contributed by atoms with E-state index in [1.807, 2.05) is 49.4 Å². The number of thioether (sulfide) groups is 1. The third-order valence-corrected chi connectivity index (χ3v) is 6.16. The molecule has 0 aliphatic carbocycles. The molecular weight excluding hydrogens is 383 g/mol. The smallest absolute Gasteiger partial charge is 0.230 e. The minimum absolute atomic E-state index is 0.0512. The highest BCUT2D eigenvalue weighted by Gasteiger charge is 2.13. The SMILES string of the molecule is C[C@@H](NC(=O)CSc1nc2cc(Cl)ccc2s1)c1ccccc1Cl. The van der Waals surface area contributed by atoms with Gasteiger partial charge in [-0.15, -0.1) is 11.3 Å². The maximum Gasteiger partial charge on any atom is 0.230 e. The maximum absolute atomic E-state index is 12.2. The van der Waals surface area contributed by atoms with Gasteiger partial charge in [0.15, 0.2) is 4.34 Å². The molecule has 2 aromatic carbocycles. The predicted molar refractivity (Wildman–Crippen MR) is 103 cm³/mol. The summed E-state index contributed by atoms with van der Waals surface area (Å²) in [6.07, 6.45) is 0. The predicted octanol–water partition coefficient (Wildman–Crippen LogP) is 5.57. The summed E-state index contributed by atoms with van der Waals surface area (Å²) in [6.45, 7) is 1.92. The van der Waals surface area contributed by atoms with Gasteiger partial charge in [-0.1, -0.05) is 53.2 Å². The first kappa shape index (κ1) is 17.5. The number of halogens is 2. The van der Waals surface area contributed by atoms with Crippen molar-refractivity contribution in [2.24, 2.45) is 0 Å². The van der Waals surface area contributed by atoms with E-state index >= 15 is 0 Å². The summed E-state index contributed by atoms with van der Waals surface area (Å²) in [6, 6.07) is 13.0. The van der Waals surface area contributed by atoms with E-state index in [2.05, 4.69) is 10.3 Å². The highest BCUT2D eigenvalue weighted by atomic mass is 35.5. The van der Waals surface area contributed by atoms with E-state index in [1.54, 1.807) is 11.3 Å². The van der Waals surface area contributed by atoms with Gasteiger partial charge in [0.1, 0.15) is 0 Å². The summed E-state index contributed by atoms with van der Waals surface area (Å²) in [7, 11) is 0. The molecule has 1 atom stereocenters. The van der Waals surface area contributed by atoms with Crippen molar-refractivity contribution in [2.45, 2.75) is 17.3 Å². The first-order chi connectivity index (χ1) is 11.5. The van der Waals surface area contributed by atoms with Crippen molar-refractivity contribution < 1.29 is 4.79 Å². The second-order valence-corrected chi connectivity index (χ2v) is 8.29. The fourth-order valence-corrected chi connectivity index (χ4v) is 4.58. The van der Waals surface area contributed by atoms with E-state index in [0.717, 1.165) is 20.1 Å². The number of rotatable bonds is 5. The van der Waals surface area contributed by atoms with E-state index in [-0.39, 0.29) is 11.9 Å². The average Bonchev–Trinajstić information content (AvgIpc) is 2.95. The number of nitrogens with one attached hydrogen (secondary N) is 1. The van der Waals surface area contributed by atoms with Gasteiger partial charge in [0.05, 0.1) is 22.0 Å². The summed E-state index contributed by atoms with van der Waals surface area (Å²) < 4.78 is 1.92.